The van der Waals surface area contributed by atoms with Gasteiger partial charge in [-0.05, 0) is 36.4 Å². The van der Waals surface area contributed by atoms with Crippen molar-refractivity contribution in [3.8, 4) is 5.75 Å². The van der Waals surface area contributed by atoms with Gasteiger partial charge in [-0.1, -0.05) is 6.07 Å². The van der Waals surface area contributed by atoms with Crippen molar-refractivity contribution in [2.75, 3.05) is 13.2 Å². The van der Waals surface area contributed by atoms with Gasteiger partial charge in [0.1, 0.15) is 5.75 Å². The van der Waals surface area contributed by atoms with Crippen molar-refractivity contribution in [3.63, 3.8) is 0 Å². The first kappa shape index (κ1) is 15.3. The van der Waals surface area contributed by atoms with E-state index in [4.69, 9.17) is 4.74 Å². The number of hydrogen-bond acceptors (Lipinski definition) is 3. The van der Waals surface area contributed by atoms with Gasteiger partial charge in [0.15, 0.2) is 0 Å². The normalized spacial score (nSPS) is 13.0. The molecule has 0 fully saturated rings. The van der Waals surface area contributed by atoms with Crippen molar-refractivity contribution >= 4 is 0 Å². The summed E-state index contributed by atoms with van der Waals surface area (Å²) in [5.41, 5.74) is -0.0507. The average Bonchev–Trinajstić information content (AvgIpc) is 2.48. The molecule has 0 aliphatic carbocycles. The second-order valence-electron chi connectivity index (χ2n) is 4.47. The molecule has 1 atom stereocenters. The Morgan fingerprint density at radius 3 is 2.33 bits per heavy atom. The molecule has 21 heavy (non-hydrogen) atoms. The van der Waals surface area contributed by atoms with Crippen LogP contribution in [0.2, 0.25) is 0 Å². The minimum atomic E-state index is -4.36. The number of nitrogens with zero attached hydrogens (tertiary/aromatic N) is 1. The second kappa shape index (κ2) is 6.58. The number of aliphatic hydroxyl groups excluding tert-OH is 1. The minimum Gasteiger partial charge on any atom is -0.493 e. The summed E-state index contributed by atoms with van der Waals surface area (Å²) >= 11 is 0. The number of aliphatic hydroxyl groups is 1. The first-order chi connectivity index (χ1) is 10.0. The van der Waals surface area contributed by atoms with Crippen LogP contribution in [0.3, 0.4) is 0 Å². The molecule has 0 bridgehead atoms. The topological polar surface area (TPSA) is 42.4 Å². The van der Waals surface area contributed by atoms with Crippen molar-refractivity contribution in [1.82, 2.24) is 4.98 Å². The van der Waals surface area contributed by atoms with E-state index < -0.39 is 11.7 Å². The van der Waals surface area contributed by atoms with Crippen molar-refractivity contribution in [3.05, 3.63) is 59.9 Å². The molecule has 0 radical (unpaired) electrons. The van der Waals surface area contributed by atoms with E-state index in [1.165, 1.54) is 12.1 Å². The molecule has 3 nitrogen and oxygen atoms in total. The molecule has 6 heteroatoms. The van der Waals surface area contributed by atoms with Crippen molar-refractivity contribution in [2.24, 2.45) is 0 Å². The number of ether oxygens (including phenoxy) is 1. The van der Waals surface area contributed by atoms with Gasteiger partial charge in [0.25, 0.3) is 0 Å². The van der Waals surface area contributed by atoms with Gasteiger partial charge in [-0.2, -0.15) is 13.2 Å². The quantitative estimate of drug-likeness (QED) is 0.921. The first-order valence-corrected chi connectivity index (χ1v) is 6.32. The van der Waals surface area contributed by atoms with E-state index >= 15 is 0 Å². The van der Waals surface area contributed by atoms with Gasteiger partial charge in [-0.3, -0.25) is 4.98 Å². The number of hydrogen-bond donors (Lipinski definition) is 1. The van der Waals surface area contributed by atoms with Crippen molar-refractivity contribution in [2.45, 2.75) is 12.1 Å². The predicted molar refractivity (Wildman–Crippen MR) is 71.0 cm³/mol. The fourth-order valence-electron chi connectivity index (χ4n) is 1.79. The number of benzene rings is 1. The molecule has 112 valence electrons. The first-order valence-electron chi connectivity index (χ1n) is 6.32. The van der Waals surface area contributed by atoms with Crippen LogP contribution < -0.4 is 4.74 Å². The summed E-state index contributed by atoms with van der Waals surface area (Å²) in [7, 11) is 0. The fourth-order valence-corrected chi connectivity index (χ4v) is 1.79. The zero-order chi connectivity index (χ0) is 15.3. The van der Waals surface area contributed by atoms with Crippen LogP contribution in [0.4, 0.5) is 13.2 Å². The predicted octanol–water partition coefficient (Wildman–Crippen LogP) is 3.26. The molecule has 0 aliphatic heterocycles. The van der Waals surface area contributed by atoms with Crippen molar-refractivity contribution in [1.29, 1.82) is 0 Å². The minimum absolute atomic E-state index is 0.138. The van der Waals surface area contributed by atoms with Crippen LogP contribution in [0.15, 0.2) is 48.7 Å². The van der Waals surface area contributed by atoms with Gasteiger partial charge in [-0.25, -0.2) is 0 Å². The van der Waals surface area contributed by atoms with E-state index in [0.29, 0.717) is 11.4 Å². The zero-order valence-electron chi connectivity index (χ0n) is 11.0. The van der Waals surface area contributed by atoms with Crippen LogP contribution in [0.1, 0.15) is 17.2 Å². The van der Waals surface area contributed by atoms with E-state index in [9.17, 15) is 18.3 Å². The Morgan fingerprint density at radius 2 is 1.81 bits per heavy atom. The molecule has 0 spiro atoms. The average molecular weight is 297 g/mol. The van der Waals surface area contributed by atoms with E-state index in [-0.39, 0.29) is 19.1 Å². The molecule has 1 aromatic heterocycles. The lowest BCUT2D eigenvalue weighted by atomic mass is 10.1. The SMILES string of the molecule is OCC(COc1ccc(C(F)(F)F)cc1)c1ccccn1. The zero-order valence-corrected chi connectivity index (χ0v) is 11.0. The summed E-state index contributed by atoms with van der Waals surface area (Å²) < 4.78 is 42.7. The smallest absolute Gasteiger partial charge is 0.416 e. The highest BCUT2D eigenvalue weighted by atomic mass is 19.4. The molecule has 0 saturated heterocycles. The van der Waals surface area contributed by atoms with E-state index in [1.807, 2.05) is 0 Å². The Labute approximate surface area is 120 Å². The summed E-state index contributed by atoms with van der Waals surface area (Å²) in [5.74, 6) is -0.00845. The molecular weight excluding hydrogens is 283 g/mol. The molecular formula is C15H14F3NO2. The van der Waals surface area contributed by atoms with Crippen LogP contribution in [0.25, 0.3) is 0 Å². The number of alkyl halides is 3. The Bertz CT molecular complexity index is 555. The van der Waals surface area contributed by atoms with Gasteiger partial charge < -0.3 is 9.84 Å². The molecule has 0 saturated carbocycles. The number of halogens is 3. The van der Waals surface area contributed by atoms with Gasteiger partial charge in [0.2, 0.25) is 0 Å². The lowest BCUT2D eigenvalue weighted by molar-refractivity contribution is -0.137. The third kappa shape index (κ3) is 4.19. The standard InChI is InChI=1S/C15H14F3NO2/c16-15(17,18)12-4-6-13(7-5-12)21-10-11(9-20)14-3-1-2-8-19-14/h1-8,11,20H,9-10H2. The van der Waals surface area contributed by atoms with Crippen LogP contribution in [-0.2, 0) is 6.18 Å². The highest BCUT2D eigenvalue weighted by molar-refractivity contribution is 5.29. The largest absolute Gasteiger partial charge is 0.493 e. The molecule has 2 aromatic rings. The third-order valence-corrected chi connectivity index (χ3v) is 2.96. The van der Waals surface area contributed by atoms with Gasteiger partial charge in [-0.15, -0.1) is 0 Å². The number of pyridine rings is 1. The molecule has 1 heterocycles. The van der Waals surface area contributed by atoms with Crippen LogP contribution in [0.5, 0.6) is 5.75 Å². The highest BCUT2D eigenvalue weighted by Crippen LogP contribution is 2.30. The van der Waals surface area contributed by atoms with E-state index in [2.05, 4.69) is 4.98 Å². The summed E-state index contributed by atoms with van der Waals surface area (Å²) in [5, 5.41) is 9.34. The Balaban J connectivity index is 1.99. The van der Waals surface area contributed by atoms with Crippen LogP contribution in [0, 0.1) is 0 Å². The van der Waals surface area contributed by atoms with Gasteiger partial charge in [0.05, 0.1) is 24.7 Å². The summed E-state index contributed by atoms with van der Waals surface area (Å²) in [6.45, 7) is -0.0173. The van der Waals surface area contributed by atoms with Crippen LogP contribution in [-0.4, -0.2) is 23.3 Å². The second-order valence-corrected chi connectivity index (χ2v) is 4.47. The van der Waals surface area contributed by atoms with Crippen LogP contribution >= 0.6 is 0 Å². The fraction of sp³-hybridized carbons (Fsp3) is 0.267. The Kier molecular flexibility index (Phi) is 4.80. The maximum absolute atomic E-state index is 12.4. The number of rotatable bonds is 5. The Morgan fingerprint density at radius 1 is 1.10 bits per heavy atom. The summed E-state index contributed by atoms with van der Waals surface area (Å²) in [4.78, 5) is 4.12. The molecule has 0 amide bonds. The third-order valence-electron chi connectivity index (χ3n) is 2.96. The van der Waals surface area contributed by atoms with Crippen molar-refractivity contribution < 1.29 is 23.0 Å². The lowest BCUT2D eigenvalue weighted by Gasteiger charge is -2.15. The molecule has 1 aromatic carbocycles. The maximum Gasteiger partial charge on any atom is 0.416 e. The summed E-state index contributed by atoms with van der Waals surface area (Å²) in [6, 6.07) is 9.76. The number of aromatic nitrogens is 1. The summed E-state index contributed by atoms with van der Waals surface area (Å²) in [6.07, 6.45) is -2.75. The van der Waals surface area contributed by atoms with E-state index in [1.54, 1.807) is 24.4 Å². The Hall–Kier alpha value is -2.08. The molecule has 1 unspecified atom stereocenters. The molecule has 1 N–H and O–H groups in total. The maximum atomic E-state index is 12.4. The van der Waals surface area contributed by atoms with Gasteiger partial charge in [0, 0.05) is 11.9 Å². The highest BCUT2D eigenvalue weighted by Gasteiger charge is 2.30. The van der Waals surface area contributed by atoms with E-state index in [0.717, 1.165) is 12.1 Å². The molecule has 0 aliphatic rings. The lowest BCUT2D eigenvalue weighted by Crippen LogP contribution is -2.15. The van der Waals surface area contributed by atoms with Gasteiger partial charge >= 0.3 is 6.18 Å². The molecule has 2 rings (SSSR count). The monoisotopic (exact) mass is 297 g/mol.